The maximum absolute atomic E-state index is 6.42. The smallest absolute Gasteiger partial charge is 0.0375 e. The van der Waals surface area contributed by atoms with E-state index in [9.17, 15) is 0 Å². The molecule has 30 heavy (non-hydrogen) atoms. The zero-order chi connectivity index (χ0) is 22.7. The zero-order valence-corrected chi connectivity index (χ0v) is 20.2. The second-order valence-electron chi connectivity index (χ2n) is 6.90. The van der Waals surface area contributed by atoms with E-state index < -0.39 is 0 Å². The van der Waals surface area contributed by atoms with Crippen LogP contribution in [0.15, 0.2) is 72.3 Å². The van der Waals surface area contributed by atoms with Gasteiger partial charge in [-0.3, -0.25) is 0 Å². The molecular weight excluding hydrogens is 388 g/mol. The van der Waals surface area contributed by atoms with Gasteiger partial charge in [0.05, 0.1) is 0 Å². The Morgan fingerprint density at radius 3 is 1.67 bits per heavy atom. The summed E-state index contributed by atoms with van der Waals surface area (Å²) >= 11 is 6.42. The normalized spacial score (nSPS) is 10.9. The highest BCUT2D eigenvalue weighted by molar-refractivity contribution is 6.31. The van der Waals surface area contributed by atoms with Crippen molar-refractivity contribution >= 4 is 23.0 Å². The Kier molecular flexibility index (Phi) is 11.1. The first-order valence-electron chi connectivity index (χ1n) is 10.8. The van der Waals surface area contributed by atoms with Crippen molar-refractivity contribution in [3.63, 3.8) is 0 Å². The van der Waals surface area contributed by atoms with Gasteiger partial charge in [0.1, 0.15) is 0 Å². The second kappa shape index (κ2) is 13.0. The lowest BCUT2D eigenvalue weighted by atomic mass is 9.83. The third kappa shape index (κ3) is 6.53. The third-order valence-corrected chi connectivity index (χ3v) is 5.04. The topological polar surface area (TPSA) is 24.1 Å². The molecule has 0 spiro atoms. The van der Waals surface area contributed by atoms with Gasteiger partial charge in [0.2, 0.25) is 0 Å². The molecule has 2 N–H and O–H groups in total. The maximum atomic E-state index is 6.42. The molecule has 0 atom stereocenters. The van der Waals surface area contributed by atoms with Crippen LogP contribution in [-0.4, -0.2) is 13.1 Å². The molecule has 0 radical (unpaired) electrons. The van der Waals surface area contributed by atoms with Gasteiger partial charge in [-0.2, -0.15) is 0 Å². The van der Waals surface area contributed by atoms with Gasteiger partial charge in [0.15, 0.2) is 0 Å². The molecule has 0 bridgehead atoms. The highest BCUT2D eigenvalue weighted by atomic mass is 35.5. The first-order chi connectivity index (χ1) is 14.4. The van der Waals surface area contributed by atoms with Crippen molar-refractivity contribution in [2.45, 2.75) is 47.5 Å². The summed E-state index contributed by atoms with van der Waals surface area (Å²) < 4.78 is 0. The molecule has 0 unspecified atom stereocenters. The van der Waals surface area contributed by atoms with Crippen LogP contribution in [0, 0.1) is 13.8 Å². The summed E-state index contributed by atoms with van der Waals surface area (Å²) in [6, 6.07) is 13.1. The molecule has 2 nitrogen and oxygen atoms in total. The van der Waals surface area contributed by atoms with Crippen molar-refractivity contribution in [1.82, 2.24) is 0 Å². The van der Waals surface area contributed by atoms with Gasteiger partial charge >= 0.3 is 0 Å². The summed E-state index contributed by atoms with van der Waals surface area (Å²) in [7, 11) is 0. The standard InChI is InChI=1S/C25H31ClN2.C2H6/c1-7-10-22(19(6)26)25(20-11-13-23(27-8-2)17(4)15-20)21-12-14-24(28-9-3)18(5)16-21;1-2/h7,10-16,25,27-28H,1,6,8-9H2,2-5H3;1-2H3/b22-10+;. The highest BCUT2D eigenvalue weighted by Gasteiger charge is 2.21. The van der Waals surface area contributed by atoms with Gasteiger partial charge in [-0.05, 0) is 67.7 Å². The maximum Gasteiger partial charge on any atom is 0.0375 e. The number of aryl methyl sites for hydroxylation is 2. The lowest BCUT2D eigenvalue weighted by Crippen LogP contribution is -2.08. The summed E-state index contributed by atoms with van der Waals surface area (Å²) in [5.74, 6) is -0.00764. The number of allylic oxidation sites excluding steroid dienone is 4. The number of hydrogen-bond donors (Lipinski definition) is 2. The molecule has 0 aliphatic rings. The Hall–Kier alpha value is -2.45. The fourth-order valence-electron chi connectivity index (χ4n) is 3.53. The van der Waals surface area contributed by atoms with Crippen LogP contribution in [-0.2, 0) is 0 Å². The molecule has 162 valence electrons. The molecule has 0 aliphatic heterocycles. The average Bonchev–Trinajstić information content (AvgIpc) is 2.73. The molecule has 0 fully saturated rings. The van der Waals surface area contributed by atoms with E-state index in [0.717, 1.165) is 30.0 Å². The molecule has 2 aromatic rings. The molecule has 2 aromatic carbocycles. The second-order valence-corrected chi connectivity index (χ2v) is 7.36. The van der Waals surface area contributed by atoms with Gasteiger partial charge in [0, 0.05) is 35.4 Å². The zero-order valence-electron chi connectivity index (χ0n) is 19.4. The number of hydrogen-bond acceptors (Lipinski definition) is 2. The summed E-state index contributed by atoms with van der Waals surface area (Å²) in [5.41, 5.74) is 8.06. The first kappa shape index (κ1) is 25.6. The van der Waals surface area contributed by atoms with Crippen molar-refractivity contribution in [2.75, 3.05) is 23.7 Å². The van der Waals surface area contributed by atoms with E-state index in [0.29, 0.717) is 5.03 Å². The predicted octanol–water partition coefficient (Wildman–Crippen LogP) is 8.19. The number of benzene rings is 2. The van der Waals surface area contributed by atoms with Crippen molar-refractivity contribution in [1.29, 1.82) is 0 Å². The Morgan fingerprint density at radius 2 is 1.37 bits per heavy atom. The van der Waals surface area contributed by atoms with Gasteiger partial charge in [-0.1, -0.05) is 75.0 Å². The molecular formula is C27H37ClN2. The molecule has 0 saturated carbocycles. The number of nitrogens with one attached hydrogen (secondary N) is 2. The fourth-order valence-corrected chi connectivity index (χ4v) is 3.70. The summed E-state index contributed by atoms with van der Waals surface area (Å²) in [4.78, 5) is 0. The number of rotatable bonds is 9. The first-order valence-corrected chi connectivity index (χ1v) is 11.2. The van der Waals surface area contributed by atoms with E-state index in [1.54, 1.807) is 6.08 Å². The van der Waals surface area contributed by atoms with E-state index in [-0.39, 0.29) is 5.92 Å². The van der Waals surface area contributed by atoms with Crippen LogP contribution in [0.1, 0.15) is 55.9 Å². The van der Waals surface area contributed by atoms with Crippen LogP contribution < -0.4 is 10.6 Å². The van der Waals surface area contributed by atoms with E-state index in [4.69, 9.17) is 11.6 Å². The molecule has 0 amide bonds. The number of anilines is 2. The minimum absolute atomic E-state index is 0.00764. The lowest BCUT2D eigenvalue weighted by molar-refractivity contribution is 0.966. The average molecular weight is 425 g/mol. The van der Waals surface area contributed by atoms with Crippen LogP contribution >= 0.6 is 11.6 Å². The summed E-state index contributed by atoms with van der Waals surface area (Å²) in [6.07, 6.45) is 3.73. The molecule has 0 aliphatic carbocycles. The van der Waals surface area contributed by atoms with Crippen LogP contribution in [0.5, 0.6) is 0 Å². The Balaban J connectivity index is 0.00000218. The van der Waals surface area contributed by atoms with Crippen molar-refractivity contribution < 1.29 is 0 Å². The van der Waals surface area contributed by atoms with Gasteiger partial charge in [-0.25, -0.2) is 0 Å². The van der Waals surface area contributed by atoms with Crippen molar-refractivity contribution in [3.8, 4) is 0 Å². The third-order valence-electron chi connectivity index (χ3n) is 4.82. The monoisotopic (exact) mass is 424 g/mol. The van der Waals surface area contributed by atoms with Crippen LogP contribution in [0.3, 0.4) is 0 Å². The molecule has 3 heteroatoms. The summed E-state index contributed by atoms with van der Waals surface area (Å²) in [5, 5.41) is 7.35. The minimum Gasteiger partial charge on any atom is -0.385 e. The van der Waals surface area contributed by atoms with Gasteiger partial charge in [0.25, 0.3) is 0 Å². The summed E-state index contributed by atoms with van der Waals surface area (Å²) in [6.45, 7) is 22.1. The molecule has 0 heterocycles. The van der Waals surface area contributed by atoms with Crippen LogP contribution in [0.25, 0.3) is 0 Å². The lowest BCUT2D eigenvalue weighted by Gasteiger charge is -2.23. The van der Waals surface area contributed by atoms with E-state index in [1.807, 2.05) is 19.9 Å². The Bertz CT molecular complexity index is 825. The molecule has 0 saturated heterocycles. The van der Waals surface area contributed by atoms with E-state index in [2.05, 4.69) is 87.9 Å². The Labute approximate surface area is 188 Å². The minimum atomic E-state index is -0.00764. The number of halogens is 1. The Morgan fingerprint density at radius 1 is 0.933 bits per heavy atom. The quantitative estimate of drug-likeness (QED) is 0.396. The van der Waals surface area contributed by atoms with Crippen LogP contribution in [0.4, 0.5) is 11.4 Å². The van der Waals surface area contributed by atoms with Gasteiger partial charge < -0.3 is 10.6 Å². The van der Waals surface area contributed by atoms with E-state index in [1.165, 1.54) is 22.3 Å². The van der Waals surface area contributed by atoms with Crippen LogP contribution in [0.2, 0.25) is 0 Å². The predicted molar refractivity (Wildman–Crippen MR) is 137 cm³/mol. The van der Waals surface area contributed by atoms with Gasteiger partial charge in [-0.15, -0.1) is 0 Å². The highest BCUT2D eigenvalue weighted by Crippen LogP contribution is 2.39. The largest absolute Gasteiger partial charge is 0.385 e. The molecule has 0 aromatic heterocycles. The van der Waals surface area contributed by atoms with Crippen molar-refractivity contribution in [3.05, 3.63) is 94.6 Å². The fraction of sp³-hybridized carbons (Fsp3) is 0.333. The van der Waals surface area contributed by atoms with Crippen molar-refractivity contribution in [2.24, 2.45) is 0 Å². The molecule has 2 rings (SSSR count). The SMILES string of the molecule is C=C/C=C(\C(=C)Cl)C(c1ccc(NCC)c(C)c1)c1ccc(NCC)c(C)c1.CC. The van der Waals surface area contributed by atoms with E-state index >= 15 is 0 Å².